The largest absolute Gasteiger partial charge is 0.440 e. The van der Waals surface area contributed by atoms with Crippen molar-refractivity contribution in [3.63, 3.8) is 0 Å². The molecule has 3 aliphatic heterocycles. The van der Waals surface area contributed by atoms with E-state index in [0.29, 0.717) is 12.6 Å². The minimum atomic E-state index is -0.430. The molecule has 0 aliphatic carbocycles. The molecule has 8 nitrogen and oxygen atoms in total. The summed E-state index contributed by atoms with van der Waals surface area (Å²) in [6.45, 7) is 12.0. The third-order valence-corrected chi connectivity index (χ3v) is 8.96. The summed E-state index contributed by atoms with van der Waals surface area (Å²) >= 11 is 0. The molecular weight excluding hydrogens is 480 g/mol. The summed E-state index contributed by atoms with van der Waals surface area (Å²) in [6, 6.07) is 8.48. The predicted octanol–water partition coefficient (Wildman–Crippen LogP) is 5.25. The first-order valence-electron chi connectivity index (χ1n) is 14.3. The maximum atomic E-state index is 13.3. The molecule has 206 valence electrons. The van der Waals surface area contributed by atoms with Crippen molar-refractivity contribution in [2.75, 3.05) is 26.2 Å². The highest BCUT2D eigenvalue weighted by Gasteiger charge is 2.55. The SMILES string of the molecule is CCCCC1N(Cc2cc(C)on2)C(=O)OC12CCN(C1CCN(C(=O)c3c(C)cccc3C)CC1)CC2. The van der Waals surface area contributed by atoms with Gasteiger partial charge in [0.25, 0.3) is 5.91 Å². The molecule has 1 atom stereocenters. The minimum absolute atomic E-state index is 0.0610. The van der Waals surface area contributed by atoms with Gasteiger partial charge in [0.1, 0.15) is 17.1 Å². The third kappa shape index (κ3) is 5.20. The molecule has 2 aromatic rings. The van der Waals surface area contributed by atoms with Crippen LogP contribution in [0.4, 0.5) is 4.79 Å². The van der Waals surface area contributed by atoms with Crippen molar-refractivity contribution in [3.05, 3.63) is 52.4 Å². The van der Waals surface area contributed by atoms with E-state index in [1.807, 2.05) is 54.8 Å². The number of ether oxygens (including phenoxy) is 1. The number of amides is 2. The maximum absolute atomic E-state index is 13.3. The van der Waals surface area contributed by atoms with Crippen LogP contribution in [0.25, 0.3) is 0 Å². The molecule has 3 saturated heterocycles. The lowest BCUT2D eigenvalue weighted by molar-refractivity contribution is -0.0384. The fourth-order valence-electron chi connectivity index (χ4n) is 6.82. The minimum Gasteiger partial charge on any atom is -0.440 e. The average molecular weight is 523 g/mol. The van der Waals surface area contributed by atoms with E-state index in [-0.39, 0.29) is 18.0 Å². The van der Waals surface area contributed by atoms with Gasteiger partial charge in [-0.1, -0.05) is 43.1 Å². The Hall–Kier alpha value is -2.87. The van der Waals surface area contributed by atoms with Crippen molar-refractivity contribution in [1.29, 1.82) is 0 Å². The van der Waals surface area contributed by atoms with Gasteiger partial charge in [-0.25, -0.2) is 4.79 Å². The van der Waals surface area contributed by atoms with Gasteiger partial charge < -0.3 is 14.2 Å². The highest BCUT2D eigenvalue weighted by molar-refractivity contribution is 5.97. The van der Waals surface area contributed by atoms with E-state index in [2.05, 4.69) is 17.0 Å². The second-order valence-corrected chi connectivity index (χ2v) is 11.5. The van der Waals surface area contributed by atoms with E-state index >= 15 is 0 Å². The van der Waals surface area contributed by atoms with Crippen LogP contribution < -0.4 is 0 Å². The average Bonchev–Trinajstić information content (AvgIpc) is 3.43. The first-order chi connectivity index (χ1) is 18.3. The van der Waals surface area contributed by atoms with Crippen LogP contribution in [-0.2, 0) is 11.3 Å². The summed E-state index contributed by atoms with van der Waals surface area (Å²) < 4.78 is 11.4. The number of carbonyl (C=O) groups excluding carboxylic acids is 2. The van der Waals surface area contributed by atoms with Gasteiger partial charge in [-0.15, -0.1) is 0 Å². The summed E-state index contributed by atoms with van der Waals surface area (Å²) in [6.07, 6.45) is 6.54. The summed E-state index contributed by atoms with van der Waals surface area (Å²) in [7, 11) is 0. The van der Waals surface area contributed by atoms with Gasteiger partial charge in [-0.3, -0.25) is 14.6 Å². The Labute approximate surface area is 226 Å². The Morgan fingerprint density at radius 3 is 2.37 bits per heavy atom. The molecule has 3 fully saturated rings. The standard InChI is InChI=1S/C30H42N4O4/c1-5-6-10-26-30(37-29(36)34(26)20-24-19-23(4)38-31-24)13-17-32(18-14-30)25-11-15-33(16-12-25)28(35)27-21(2)8-7-9-22(27)3/h7-9,19,25-26H,5-6,10-18,20H2,1-4H3. The van der Waals surface area contributed by atoms with Crippen LogP contribution in [0, 0.1) is 20.8 Å². The van der Waals surface area contributed by atoms with E-state index in [4.69, 9.17) is 9.26 Å². The van der Waals surface area contributed by atoms with E-state index in [9.17, 15) is 9.59 Å². The zero-order valence-electron chi connectivity index (χ0n) is 23.4. The molecule has 1 aromatic carbocycles. The number of piperidine rings is 2. The lowest BCUT2D eigenvalue weighted by atomic mass is 9.81. The maximum Gasteiger partial charge on any atom is 0.411 e. The smallest absolute Gasteiger partial charge is 0.411 e. The van der Waals surface area contributed by atoms with Crippen LogP contribution in [0.2, 0.25) is 0 Å². The van der Waals surface area contributed by atoms with E-state index in [0.717, 1.165) is 99.3 Å². The Bertz CT molecular complexity index is 1120. The Kier molecular flexibility index (Phi) is 7.80. The highest BCUT2D eigenvalue weighted by Crippen LogP contribution is 2.42. The predicted molar refractivity (Wildman–Crippen MR) is 145 cm³/mol. The zero-order valence-corrected chi connectivity index (χ0v) is 23.4. The number of unbranched alkanes of at least 4 members (excludes halogenated alkanes) is 1. The molecule has 38 heavy (non-hydrogen) atoms. The molecule has 0 N–H and O–H groups in total. The van der Waals surface area contributed by atoms with Crippen LogP contribution in [0.15, 0.2) is 28.8 Å². The second-order valence-electron chi connectivity index (χ2n) is 11.5. The summed E-state index contributed by atoms with van der Waals surface area (Å²) in [4.78, 5) is 32.8. The van der Waals surface area contributed by atoms with E-state index < -0.39 is 5.60 Å². The number of nitrogens with zero attached hydrogens (tertiary/aromatic N) is 4. The third-order valence-electron chi connectivity index (χ3n) is 8.96. The van der Waals surface area contributed by atoms with Crippen LogP contribution in [0.5, 0.6) is 0 Å². The monoisotopic (exact) mass is 522 g/mol. The number of aryl methyl sites for hydroxylation is 3. The first-order valence-corrected chi connectivity index (χ1v) is 14.3. The number of hydrogen-bond acceptors (Lipinski definition) is 6. The van der Waals surface area contributed by atoms with Crippen LogP contribution >= 0.6 is 0 Å². The van der Waals surface area contributed by atoms with Crippen molar-refractivity contribution >= 4 is 12.0 Å². The molecule has 1 spiro atoms. The van der Waals surface area contributed by atoms with Gasteiger partial charge in [-0.05, 0) is 51.2 Å². The molecule has 5 rings (SSSR count). The molecule has 1 unspecified atom stereocenters. The number of carbonyl (C=O) groups is 2. The van der Waals surface area contributed by atoms with Crippen LogP contribution in [0.3, 0.4) is 0 Å². The molecule has 2 amide bonds. The molecule has 4 heterocycles. The second kappa shape index (κ2) is 11.1. The number of hydrogen-bond donors (Lipinski definition) is 0. The number of rotatable bonds is 7. The quantitative estimate of drug-likeness (QED) is 0.494. The lowest BCUT2D eigenvalue weighted by Crippen LogP contribution is -2.56. The first kappa shape index (κ1) is 26.7. The molecular formula is C30H42N4O4. The van der Waals surface area contributed by atoms with Crippen molar-refractivity contribution in [2.24, 2.45) is 0 Å². The van der Waals surface area contributed by atoms with Crippen LogP contribution in [0.1, 0.15) is 84.8 Å². The van der Waals surface area contributed by atoms with Crippen LogP contribution in [-0.4, -0.2) is 75.7 Å². The molecule has 3 aliphatic rings. The van der Waals surface area contributed by atoms with Gasteiger partial charge in [0.05, 0.1) is 12.6 Å². The molecule has 1 aromatic heterocycles. The number of likely N-dealkylation sites (tertiary alicyclic amines) is 2. The topological polar surface area (TPSA) is 79.1 Å². The molecule has 0 bridgehead atoms. The zero-order chi connectivity index (χ0) is 26.9. The van der Waals surface area contributed by atoms with Gasteiger partial charge in [0.2, 0.25) is 0 Å². The van der Waals surface area contributed by atoms with Gasteiger partial charge >= 0.3 is 6.09 Å². The van der Waals surface area contributed by atoms with Crippen molar-refractivity contribution in [1.82, 2.24) is 19.9 Å². The molecule has 0 radical (unpaired) electrons. The van der Waals surface area contributed by atoms with Gasteiger partial charge in [0.15, 0.2) is 0 Å². The van der Waals surface area contributed by atoms with Gasteiger partial charge in [0, 0.05) is 56.7 Å². The Balaban J connectivity index is 1.20. The fraction of sp³-hybridized carbons (Fsp3) is 0.633. The van der Waals surface area contributed by atoms with E-state index in [1.54, 1.807) is 0 Å². The summed E-state index contributed by atoms with van der Waals surface area (Å²) in [5.74, 6) is 0.915. The van der Waals surface area contributed by atoms with Gasteiger partial charge in [-0.2, -0.15) is 0 Å². The van der Waals surface area contributed by atoms with E-state index in [1.165, 1.54) is 0 Å². The fourth-order valence-corrected chi connectivity index (χ4v) is 6.82. The Morgan fingerprint density at radius 1 is 1.08 bits per heavy atom. The highest BCUT2D eigenvalue weighted by atomic mass is 16.6. The number of aromatic nitrogens is 1. The molecule has 8 heteroatoms. The summed E-state index contributed by atoms with van der Waals surface area (Å²) in [5, 5.41) is 4.12. The number of benzene rings is 1. The van der Waals surface area contributed by atoms with Crippen molar-refractivity contribution < 1.29 is 18.8 Å². The lowest BCUT2D eigenvalue weighted by Gasteiger charge is -2.46. The molecule has 0 saturated carbocycles. The van der Waals surface area contributed by atoms with Crippen molar-refractivity contribution in [2.45, 2.75) is 96.9 Å². The normalized spacial score (nSPS) is 22.3. The van der Waals surface area contributed by atoms with Crippen molar-refractivity contribution in [3.8, 4) is 0 Å². The Morgan fingerprint density at radius 2 is 1.76 bits per heavy atom. The summed E-state index contributed by atoms with van der Waals surface area (Å²) in [5.41, 5.74) is 3.31.